The molecule has 1 amide bonds. The van der Waals surface area contributed by atoms with Crippen LogP contribution in [0.25, 0.3) is 10.4 Å². The number of rotatable bonds is 6. The molecule has 5 atom stereocenters. The summed E-state index contributed by atoms with van der Waals surface area (Å²) in [6.07, 6.45) is -4.82. The van der Waals surface area contributed by atoms with Gasteiger partial charge < -0.3 is 24.3 Å². The first-order valence-electron chi connectivity index (χ1n) is 7.60. The molecule has 1 heterocycles. The van der Waals surface area contributed by atoms with Crippen molar-refractivity contribution in [2.45, 2.75) is 58.3 Å². The molecule has 1 N–H and O–H groups in total. The fourth-order valence-corrected chi connectivity index (χ4v) is 2.46. The highest BCUT2D eigenvalue weighted by Gasteiger charge is 2.50. The predicted octanol–water partition coefficient (Wildman–Crippen LogP) is -0.0472. The molecule has 0 aromatic carbocycles. The van der Waals surface area contributed by atoms with Crippen molar-refractivity contribution in [2.75, 3.05) is 6.61 Å². The van der Waals surface area contributed by atoms with Gasteiger partial charge in [-0.15, -0.1) is 0 Å². The highest BCUT2D eigenvalue weighted by Crippen LogP contribution is 2.28. The molecular weight excluding hydrogens is 352 g/mol. The largest absolute Gasteiger partial charge is 0.463 e. The molecular formula is C14H20N4O8. The number of esters is 3. The molecule has 12 nitrogen and oxygen atoms in total. The second-order valence-electron chi connectivity index (χ2n) is 5.45. The van der Waals surface area contributed by atoms with Gasteiger partial charge >= 0.3 is 17.9 Å². The van der Waals surface area contributed by atoms with Crippen LogP contribution in [0, 0.1) is 0 Å². The SMILES string of the molecule is CC(=O)N[C@H]1C(OC(C)=O)[C@H](OC(C)=O)C(COC(C)=O)O[C@H]1N=[N+]=[N-]. The Morgan fingerprint density at radius 1 is 1.04 bits per heavy atom. The fourth-order valence-electron chi connectivity index (χ4n) is 2.46. The summed E-state index contributed by atoms with van der Waals surface area (Å²) in [4.78, 5) is 48.2. The van der Waals surface area contributed by atoms with Crippen LogP contribution in [0.5, 0.6) is 0 Å². The van der Waals surface area contributed by atoms with Gasteiger partial charge in [0.15, 0.2) is 18.4 Å². The summed E-state index contributed by atoms with van der Waals surface area (Å²) in [7, 11) is 0. The summed E-state index contributed by atoms with van der Waals surface area (Å²) in [6, 6.07) is -1.12. The average molecular weight is 372 g/mol. The zero-order valence-electron chi connectivity index (χ0n) is 14.7. The van der Waals surface area contributed by atoms with E-state index in [9.17, 15) is 19.2 Å². The summed E-state index contributed by atoms with van der Waals surface area (Å²) in [5, 5.41) is 5.89. The van der Waals surface area contributed by atoms with E-state index in [1.165, 1.54) is 6.92 Å². The van der Waals surface area contributed by atoms with E-state index >= 15 is 0 Å². The maximum atomic E-state index is 11.5. The third-order valence-corrected chi connectivity index (χ3v) is 3.26. The third-order valence-electron chi connectivity index (χ3n) is 3.26. The molecule has 0 aromatic rings. The van der Waals surface area contributed by atoms with Crippen molar-refractivity contribution in [1.82, 2.24) is 5.32 Å². The summed E-state index contributed by atoms with van der Waals surface area (Å²) >= 11 is 0. The summed E-state index contributed by atoms with van der Waals surface area (Å²) < 4.78 is 20.8. The second kappa shape index (κ2) is 9.59. The summed E-state index contributed by atoms with van der Waals surface area (Å²) in [5.41, 5.74) is 8.74. The molecule has 1 aliphatic heterocycles. The Kier molecular flexibility index (Phi) is 7.81. The highest BCUT2D eigenvalue weighted by atomic mass is 16.6. The van der Waals surface area contributed by atoms with Crippen LogP contribution in [-0.4, -0.2) is 61.0 Å². The van der Waals surface area contributed by atoms with Crippen molar-refractivity contribution in [1.29, 1.82) is 0 Å². The molecule has 1 saturated heterocycles. The van der Waals surface area contributed by atoms with E-state index in [-0.39, 0.29) is 6.61 Å². The van der Waals surface area contributed by atoms with Crippen LogP contribution in [0.1, 0.15) is 27.7 Å². The number of ether oxygens (including phenoxy) is 4. The minimum atomic E-state index is -1.29. The van der Waals surface area contributed by atoms with Gasteiger partial charge in [0.05, 0.1) is 0 Å². The van der Waals surface area contributed by atoms with Gasteiger partial charge in [-0.3, -0.25) is 19.2 Å². The van der Waals surface area contributed by atoms with E-state index in [1.54, 1.807) is 0 Å². The number of azide groups is 1. The minimum absolute atomic E-state index is 0.352. The zero-order chi connectivity index (χ0) is 19.9. The first kappa shape index (κ1) is 21.2. The van der Waals surface area contributed by atoms with Gasteiger partial charge in [0.2, 0.25) is 5.91 Å². The van der Waals surface area contributed by atoms with Gasteiger partial charge in [-0.1, -0.05) is 5.11 Å². The van der Waals surface area contributed by atoms with Gasteiger partial charge in [-0.05, 0) is 5.53 Å². The Hall–Kier alpha value is -2.85. The molecule has 0 aliphatic carbocycles. The third kappa shape index (κ3) is 6.22. The van der Waals surface area contributed by atoms with Crippen molar-refractivity contribution in [3.63, 3.8) is 0 Å². The van der Waals surface area contributed by atoms with Crippen molar-refractivity contribution in [2.24, 2.45) is 5.11 Å². The van der Waals surface area contributed by atoms with Gasteiger partial charge in [0.25, 0.3) is 0 Å². The molecule has 2 unspecified atom stereocenters. The number of carbonyl (C=O) groups excluding carboxylic acids is 4. The lowest BCUT2D eigenvalue weighted by Gasteiger charge is -2.43. The Bertz CT molecular complexity index is 618. The quantitative estimate of drug-likeness (QED) is 0.223. The van der Waals surface area contributed by atoms with E-state index in [4.69, 9.17) is 24.5 Å². The van der Waals surface area contributed by atoms with Crippen LogP contribution in [-0.2, 0) is 38.1 Å². The van der Waals surface area contributed by atoms with Gasteiger partial charge in [0.1, 0.15) is 18.8 Å². The molecule has 0 bridgehead atoms. The van der Waals surface area contributed by atoms with E-state index in [2.05, 4.69) is 15.3 Å². The number of hydrogen-bond acceptors (Lipinski definition) is 9. The molecule has 1 aliphatic rings. The molecule has 0 saturated carbocycles. The number of nitrogens with one attached hydrogen (secondary N) is 1. The molecule has 12 heteroatoms. The average Bonchev–Trinajstić information content (AvgIpc) is 2.50. The van der Waals surface area contributed by atoms with E-state index in [0.717, 1.165) is 20.8 Å². The van der Waals surface area contributed by atoms with E-state index < -0.39 is 54.4 Å². The first-order valence-corrected chi connectivity index (χ1v) is 7.60. The number of nitrogens with zero attached hydrogens (tertiary/aromatic N) is 3. The Morgan fingerprint density at radius 2 is 1.62 bits per heavy atom. The summed E-state index contributed by atoms with van der Waals surface area (Å²) in [6.45, 7) is 4.26. The van der Waals surface area contributed by atoms with Crippen LogP contribution >= 0.6 is 0 Å². The zero-order valence-corrected chi connectivity index (χ0v) is 14.7. The van der Waals surface area contributed by atoms with Gasteiger partial charge in [-0.25, -0.2) is 0 Å². The van der Waals surface area contributed by atoms with Crippen molar-refractivity contribution >= 4 is 23.8 Å². The lowest BCUT2D eigenvalue weighted by atomic mass is 9.95. The minimum Gasteiger partial charge on any atom is -0.463 e. The highest BCUT2D eigenvalue weighted by molar-refractivity contribution is 5.73. The molecule has 0 radical (unpaired) electrons. The van der Waals surface area contributed by atoms with E-state index in [0.29, 0.717) is 0 Å². The second-order valence-corrected chi connectivity index (χ2v) is 5.45. The van der Waals surface area contributed by atoms with Crippen LogP contribution in [0.15, 0.2) is 5.11 Å². The summed E-state index contributed by atoms with van der Waals surface area (Å²) in [5.74, 6) is -2.58. The molecule has 144 valence electrons. The molecule has 0 aromatic heterocycles. The first-order chi connectivity index (χ1) is 12.1. The molecule has 0 spiro atoms. The topological polar surface area (TPSA) is 166 Å². The molecule has 1 rings (SSSR count). The predicted molar refractivity (Wildman–Crippen MR) is 83.2 cm³/mol. The lowest BCUT2D eigenvalue weighted by Crippen LogP contribution is -2.65. The maximum absolute atomic E-state index is 11.5. The Balaban J connectivity index is 3.28. The number of carbonyl (C=O) groups is 4. The monoisotopic (exact) mass is 372 g/mol. The Labute approximate surface area is 148 Å². The molecule has 1 fully saturated rings. The maximum Gasteiger partial charge on any atom is 0.303 e. The number of amides is 1. The van der Waals surface area contributed by atoms with Gasteiger partial charge in [-0.2, -0.15) is 0 Å². The van der Waals surface area contributed by atoms with Crippen LogP contribution in [0.3, 0.4) is 0 Å². The molecule has 26 heavy (non-hydrogen) atoms. The van der Waals surface area contributed by atoms with Crippen molar-refractivity contribution in [3.05, 3.63) is 10.4 Å². The Morgan fingerprint density at radius 3 is 2.08 bits per heavy atom. The fraction of sp³-hybridized carbons (Fsp3) is 0.714. The number of hydrogen-bond donors (Lipinski definition) is 1. The van der Waals surface area contributed by atoms with Crippen LogP contribution in [0.4, 0.5) is 0 Å². The van der Waals surface area contributed by atoms with Crippen LogP contribution < -0.4 is 5.32 Å². The van der Waals surface area contributed by atoms with E-state index in [1.807, 2.05) is 0 Å². The standard InChI is InChI=1S/C14H20N4O8/c1-6(19)16-11-13(25-9(4)22)12(24-8(3)21)10(5-23-7(2)20)26-14(11)17-18-15/h10-14H,5H2,1-4H3,(H,16,19)/t10?,11-,12+,13?,14+/m0/s1. The van der Waals surface area contributed by atoms with Gasteiger partial charge in [0, 0.05) is 32.6 Å². The lowest BCUT2D eigenvalue weighted by molar-refractivity contribution is -0.222. The normalized spacial score (nSPS) is 27.5. The van der Waals surface area contributed by atoms with Crippen LogP contribution in [0.2, 0.25) is 0 Å². The van der Waals surface area contributed by atoms with Crippen molar-refractivity contribution in [3.8, 4) is 0 Å². The smallest absolute Gasteiger partial charge is 0.303 e. The van der Waals surface area contributed by atoms with Crippen molar-refractivity contribution < 1.29 is 38.1 Å².